The van der Waals surface area contributed by atoms with Crippen molar-refractivity contribution in [3.63, 3.8) is 0 Å². The molecule has 1 fully saturated rings. The number of hydrogen-bond donors (Lipinski definition) is 2. The number of halogens is 3. The lowest BCUT2D eigenvalue weighted by molar-refractivity contribution is 0.490. The molecule has 7 nitrogen and oxygen atoms in total. The topological polar surface area (TPSA) is 88.7 Å². The average Bonchev–Trinajstić information content (AvgIpc) is 3.05. The van der Waals surface area contributed by atoms with Gasteiger partial charge in [0.1, 0.15) is 35.4 Å². The van der Waals surface area contributed by atoms with E-state index in [1.165, 1.54) is 18.2 Å². The number of fused-ring (bicyclic) bond motifs is 3. The van der Waals surface area contributed by atoms with Gasteiger partial charge in [0.05, 0.1) is 29.4 Å². The van der Waals surface area contributed by atoms with Crippen LogP contribution >= 0.6 is 11.6 Å². The van der Waals surface area contributed by atoms with Crippen molar-refractivity contribution >= 4 is 34.1 Å². The van der Waals surface area contributed by atoms with Crippen LogP contribution in [0.25, 0.3) is 0 Å². The largest absolute Gasteiger partial charge is 0.355 e. The summed E-state index contributed by atoms with van der Waals surface area (Å²) in [6.45, 7) is 1.41. The Labute approximate surface area is 182 Å². The number of piperidine rings is 1. The van der Waals surface area contributed by atoms with Gasteiger partial charge < -0.3 is 10.2 Å². The smallest absolute Gasteiger partial charge is 0.153 e. The van der Waals surface area contributed by atoms with Crippen LogP contribution in [0.2, 0.25) is 0 Å². The Morgan fingerprint density at radius 1 is 1.26 bits per heavy atom. The summed E-state index contributed by atoms with van der Waals surface area (Å²) in [4.78, 5) is 11.1. The van der Waals surface area contributed by atoms with Gasteiger partial charge in [-0.25, -0.2) is 13.8 Å². The van der Waals surface area contributed by atoms with Gasteiger partial charge >= 0.3 is 0 Å². The van der Waals surface area contributed by atoms with Crippen LogP contribution in [-0.4, -0.2) is 35.1 Å². The minimum absolute atomic E-state index is 0.0264. The number of benzene rings is 1. The molecule has 0 radical (unpaired) electrons. The van der Waals surface area contributed by atoms with Gasteiger partial charge in [0.2, 0.25) is 0 Å². The van der Waals surface area contributed by atoms with Gasteiger partial charge in [-0.05, 0) is 31.0 Å². The van der Waals surface area contributed by atoms with Crippen molar-refractivity contribution < 1.29 is 8.78 Å². The zero-order chi connectivity index (χ0) is 21.5. The molecule has 0 bridgehead atoms. The Morgan fingerprint density at radius 3 is 2.84 bits per heavy atom. The van der Waals surface area contributed by atoms with E-state index >= 15 is 0 Å². The molecule has 3 unspecified atom stereocenters. The Hall–Kier alpha value is -3.25. The van der Waals surface area contributed by atoms with Gasteiger partial charge in [-0.2, -0.15) is 10.4 Å². The first-order chi connectivity index (χ1) is 15.0. The second kappa shape index (κ2) is 7.78. The summed E-state index contributed by atoms with van der Waals surface area (Å²) in [7, 11) is 0. The zero-order valence-corrected chi connectivity index (χ0v) is 17.1. The number of aromatic nitrogens is 1. The molecule has 2 N–H and O–H groups in total. The number of rotatable bonds is 2. The molecule has 5 rings (SSSR count). The normalized spacial score (nSPS) is 24.6. The van der Waals surface area contributed by atoms with Gasteiger partial charge in [0, 0.05) is 18.7 Å². The molecule has 3 atom stereocenters. The predicted octanol–water partition coefficient (Wildman–Crippen LogP) is 3.54. The summed E-state index contributed by atoms with van der Waals surface area (Å²) in [6, 6.07) is 6.83. The van der Waals surface area contributed by atoms with E-state index in [2.05, 4.69) is 36.8 Å². The molecule has 0 amide bonds. The number of aliphatic imine (C=N–C) groups is 1. The molecule has 0 saturated carbocycles. The molecule has 2 aromatic rings. The van der Waals surface area contributed by atoms with Gasteiger partial charge in [-0.15, -0.1) is 0 Å². The lowest BCUT2D eigenvalue weighted by Gasteiger charge is -2.31. The van der Waals surface area contributed by atoms with Crippen LogP contribution in [0.15, 0.2) is 40.6 Å². The summed E-state index contributed by atoms with van der Waals surface area (Å²) >= 11 is 6.29. The molecule has 3 aliphatic heterocycles. The molecule has 0 aliphatic carbocycles. The maximum atomic E-state index is 14.5. The summed E-state index contributed by atoms with van der Waals surface area (Å²) in [5, 5.41) is 16.6. The van der Waals surface area contributed by atoms with Crippen molar-refractivity contribution in [2.24, 2.45) is 16.0 Å². The van der Waals surface area contributed by atoms with E-state index < -0.39 is 23.7 Å². The quantitative estimate of drug-likeness (QED) is 0.744. The highest BCUT2D eigenvalue weighted by Gasteiger charge is 2.37. The lowest BCUT2D eigenvalue weighted by atomic mass is 9.98. The second-order valence-electron chi connectivity index (χ2n) is 7.73. The number of hydrazone groups is 1. The van der Waals surface area contributed by atoms with Crippen LogP contribution in [0, 0.1) is 28.9 Å². The first-order valence-electron chi connectivity index (χ1n) is 9.97. The number of nitrogens with zero attached hydrogens (tertiary/aromatic N) is 5. The van der Waals surface area contributed by atoms with E-state index in [9.17, 15) is 14.0 Å². The molecule has 1 saturated heterocycles. The summed E-state index contributed by atoms with van der Waals surface area (Å²) in [6.07, 6.45) is 3.40. The summed E-state index contributed by atoms with van der Waals surface area (Å²) in [5.74, 6) is -0.749. The SMILES string of the molecule is N#CC1CCCN(c2cc3c(cn2)NC(c2c(F)cccc2F)=NC2C(Cl)=NNC32)C1. The first-order valence-corrected chi connectivity index (χ1v) is 10.3. The second-order valence-corrected chi connectivity index (χ2v) is 8.12. The molecule has 0 spiro atoms. The fourth-order valence-electron chi connectivity index (χ4n) is 4.21. The number of amidine groups is 1. The monoisotopic (exact) mass is 441 g/mol. The van der Waals surface area contributed by atoms with Crippen molar-refractivity contribution in [3.8, 4) is 6.07 Å². The van der Waals surface area contributed by atoms with E-state index in [-0.39, 0.29) is 22.5 Å². The molecular weight excluding hydrogens is 424 g/mol. The minimum atomic E-state index is -0.731. The van der Waals surface area contributed by atoms with Crippen LogP contribution < -0.4 is 15.6 Å². The fraction of sp³-hybridized carbons (Fsp3) is 0.333. The third-order valence-electron chi connectivity index (χ3n) is 5.78. The van der Waals surface area contributed by atoms with E-state index in [4.69, 9.17) is 11.6 Å². The summed E-state index contributed by atoms with van der Waals surface area (Å²) in [5.41, 5.74) is 4.05. The molecule has 158 valence electrons. The highest BCUT2D eigenvalue weighted by molar-refractivity contribution is 6.67. The number of hydrogen-bond acceptors (Lipinski definition) is 7. The zero-order valence-electron chi connectivity index (χ0n) is 16.3. The Kier molecular flexibility index (Phi) is 4.94. The van der Waals surface area contributed by atoms with E-state index in [0.29, 0.717) is 12.2 Å². The molecule has 3 aliphatic rings. The highest BCUT2D eigenvalue weighted by Crippen LogP contribution is 2.37. The van der Waals surface area contributed by atoms with Crippen molar-refractivity contribution in [1.29, 1.82) is 5.26 Å². The van der Waals surface area contributed by atoms with Crippen LogP contribution in [0.3, 0.4) is 0 Å². The van der Waals surface area contributed by atoms with Gasteiger partial charge in [-0.1, -0.05) is 17.7 Å². The number of anilines is 2. The Morgan fingerprint density at radius 2 is 2.06 bits per heavy atom. The third kappa shape index (κ3) is 3.47. The number of nitrogens with one attached hydrogen (secondary N) is 2. The number of nitriles is 1. The van der Waals surface area contributed by atoms with E-state index in [1.54, 1.807) is 6.20 Å². The van der Waals surface area contributed by atoms with Gasteiger partial charge in [-0.3, -0.25) is 10.4 Å². The molecule has 1 aromatic carbocycles. The van der Waals surface area contributed by atoms with Crippen LogP contribution in [0.5, 0.6) is 0 Å². The van der Waals surface area contributed by atoms with Gasteiger partial charge in [0.15, 0.2) is 5.17 Å². The predicted molar refractivity (Wildman–Crippen MR) is 114 cm³/mol. The maximum Gasteiger partial charge on any atom is 0.153 e. The first kappa shape index (κ1) is 19.7. The van der Waals surface area contributed by atoms with Gasteiger partial charge in [0.25, 0.3) is 0 Å². The average molecular weight is 442 g/mol. The van der Waals surface area contributed by atoms with Crippen molar-refractivity contribution in [1.82, 2.24) is 10.4 Å². The van der Waals surface area contributed by atoms with E-state index in [0.717, 1.165) is 30.8 Å². The van der Waals surface area contributed by atoms with Crippen LogP contribution in [0.1, 0.15) is 30.0 Å². The van der Waals surface area contributed by atoms with Crippen LogP contribution in [0.4, 0.5) is 20.3 Å². The summed E-state index contributed by atoms with van der Waals surface area (Å²) < 4.78 is 28.9. The lowest BCUT2D eigenvalue weighted by Crippen LogP contribution is -2.35. The highest BCUT2D eigenvalue weighted by atomic mass is 35.5. The minimum Gasteiger partial charge on any atom is -0.355 e. The fourth-order valence-corrected chi connectivity index (χ4v) is 4.43. The third-order valence-corrected chi connectivity index (χ3v) is 6.08. The molecular formula is C21H18ClF2N7. The Balaban J connectivity index is 1.57. The van der Waals surface area contributed by atoms with E-state index in [1.807, 2.05) is 6.07 Å². The number of pyridine rings is 1. The van der Waals surface area contributed by atoms with Crippen molar-refractivity contribution in [3.05, 3.63) is 53.2 Å². The standard InChI is InChI=1S/C21H18ClF2N7/c22-20-19-18(29-30-20)12-7-16(31-6-2-3-11(8-25)10-31)26-9-15(12)27-21(28-19)17-13(23)4-1-5-14(17)24/h1,4-5,7,9,11,18-19,29H,2-3,6,10H2,(H,27,28). The van der Waals surface area contributed by atoms with Crippen molar-refractivity contribution in [2.75, 3.05) is 23.3 Å². The molecule has 1 aromatic heterocycles. The Bertz CT molecular complexity index is 1120. The molecule has 31 heavy (non-hydrogen) atoms. The van der Waals surface area contributed by atoms with Crippen molar-refractivity contribution in [2.45, 2.75) is 24.9 Å². The molecule has 4 heterocycles. The van der Waals surface area contributed by atoms with Crippen LogP contribution in [-0.2, 0) is 0 Å². The maximum absolute atomic E-state index is 14.5. The molecule has 10 heteroatoms.